The number of pyridine rings is 1. The first-order valence-electron chi connectivity index (χ1n) is 6.51. The summed E-state index contributed by atoms with van der Waals surface area (Å²) in [5.74, 6) is 5.98. The molecule has 3 aromatic rings. The number of nitrogens with one attached hydrogen (secondary N) is 1. The molecule has 0 unspecified atom stereocenters. The van der Waals surface area contributed by atoms with Crippen LogP contribution in [0.5, 0.6) is 0 Å². The quantitative estimate of drug-likeness (QED) is 0.564. The third kappa shape index (κ3) is 2.23. The Balaban J connectivity index is 1.95. The molecule has 0 aliphatic heterocycles. The van der Waals surface area contributed by atoms with Gasteiger partial charge in [-0.05, 0) is 48.7 Å². The van der Waals surface area contributed by atoms with Crippen molar-refractivity contribution in [3.05, 3.63) is 53.5 Å². The zero-order valence-corrected chi connectivity index (χ0v) is 11.6. The van der Waals surface area contributed by atoms with Gasteiger partial charge in [0.15, 0.2) is 0 Å². The van der Waals surface area contributed by atoms with Gasteiger partial charge >= 0.3 is 0 Å². The van der Waals surface area contributed by atoms with Gasteiger partial charge in [0.1, 0.15) is 5.82 Å². The van der Waals surface area contributed by atoms with Crippen LogP contribution in [0.15, 0.2) is 36.8 Å². The molecule has 102 valence electrons. The standard InChI is InChI=1S/C15H17N5/c1-10-5-13-14(6-11(10)2)20(9-18-13)8-12-3-4-15(19-16)17-7-12/h3-7,9H,8,16H2,1-2H3,(H,17,19). The number of nitrogen functional groups attached to an aromatic ring is 1. The van der Waals surface area contributed by atoms with E-state index in [2.05, 4.69) is 45.9 Å². The van der Waals surface area contributed by atoms with Gasteiger partial charge in [0, 0.05) is 6.20 Å². The molecule has 20 heavy (non-hydrogen) atoms. The van der Waals surface area contributed by atoms with Gasteiger partial charge in [-0.2, -0.15) is 0 Å². The van der Waals surface area contributed by atoms with E-state index in [0.717, 1.165) is 23.1 Å². The van der Waals surface area contributed by atoms with E-state index in [-0.39, 0.29) is 0 Å². The van der Waals surface area contributed by atoms with Gasteiger partial charge in [0.25, 0.3) is 0 Å². The van der Waals surface area contributed by atoms with Crippen LogP contribution in [0, 0.1) is 13.8 Å². The molecule has 5 nitrogen and oxygen atoms in total. The third-order valence-electron chi connectivity index (χ3n) is 3.56. The molecule has 0 amide bonds. The lowest BCUT2D eigenvalue weighted by Crippen LogP contribution is -2.08. The molecule has 0 saturated heterocycles. The molecular formula is C15H17N5. The average Bonchev–Trinajstić information content (AvgIpc) is 2.83. The summed E-state index contributed by atoms with van der Waals surface area (Å²) in [4.78, 5) is 8.68. The van der Waals surface area contributed by atoms with Crippen molar-refractivity contribution in [2.45, 2.75) is 20.4 Å². The molecule has 0 fully saturated rings. The molecule has 5 heteroatoms. The van der Waals surface area contributed by atoms with Crippen LogP contribution in [0.4, 0.5) is 5.82 Å². The Morgan fingerprint density at radius 3 is 2.65 bits per heavy atom. The first-order valence-corrected chi connectivity index (χ1v) is 6.51. The number of hydrogen-bond acceptors (Lipinski definition) is 4. The van der Waals surface area contributed by atoms with Crippen molar-refractivity contribution < 1.29 is 0 Å². The number of hydrazine groups is 1. The fourth-order valence-corrected chi connectivity index (χ4v) is 2.24. The van der Waals surface area contributed by atoms with Crippen molar-refractivity contribution in [3.8, 4) is 0 Å². The van der Waals surface area contributed by atoms with E-state index in [4.69, 9.17) is 5.84 Å². The van der Waals surface area contributed by atoms with Gasteiger partial charge in [-0.15, -0.1) is 0 Å². The summed E-state index contributed by atoms with van der Waals surface area (Å²) < 4.78 is 2.13. The summed E-state index contributed by atoms with van der Waals surface area (Å²) >= 11 is 0. The zero-order chi connectivity index (χ0) is 14.1. The molecule has 0 atom stereocenters. The van der Waals surface area contributed by atoms with E-state index < -0.39 is 0 Å². The van der Waals surface area contributed by atoms with Gasteiger partial charge in [0.2, 0.25) is 0 Å². The van der Waals surface area contributed by atoms with Crippen LogP contribution < -0.4 is 11.3 Å². The Bertz CT molecular complexity index is 743. The smallest absolute Gasteiger partial charge is 0.139 e. The Kier molecular flexibility index (Phi) is 3.12. The lowest BCUT2D eigenvalue weighted by molar-refractivity contribution is 0.819. The number of rotatable bonds is 3. The van der Waals surface area contributed by atoms with Crippen molar-refractivity contribution in [1.82, 2.24) is 14.5 Å². The lowest BCUT2D eigenvalue weighted by Gasteiger charge is -2.07. The van der Waals surface area contributed by atoms with Crippen LogP contribution in [0.1, 0.15) is 16.7 Å². The second kappa shape index (κ2) is 4.94. The number of fused-ring (bicyclic) bond motifs is 1. The zero-order valence-electron chi connectivity index (χ0n) is 11.6. The fraction of sp³-hybridized carbons (Fsp3) is 0.200. The molecule has 0 radical (unpaired) electrons. The highest BCUT2D eigenvalue weighted by atomic mass is 15.2. The summed E-state index contributed by atoms with van der Waals surface area (Å²) in [5, 5.41) is 0. The summed E-state index contributed by atoms with van der Waals surface area (Å²) in [6.45, 7) is 4.97. The number of nitrogens with zero attached hydrogens (tertiary/aromatic N) is 3. The van der Waals surface area contributed by atoms with Crippen LogP contribution in [-0.4, -0.2) is 14.5 Å². The number of nitrogens with two attached hydrogens (primary N) is 1. The van der Waals surface area contributed by atoms with Crippen molar-refractivity contribution in [2.75, 3.05) is 5.43 Å². The summed E-state index contributed by atoms with van der Waals surface area (Å²) in [6.07, 6.45) is 3.70. The first-order chi connectivity index (χ1) is 9.67. The molecule has 3 N–H and O–H groups in total. The average molecular weight is 267 g/mol. The van der Waals surface area contributed by atoms with Gasteiger partial charge in [-0.3, -0.25) is 0 Å². The minimum Gasteiger partial charge on any atom is -0.326 e. The molecule has 2 aromatic heterocycles. The molecule has 0 bridgehead atoms. The minimum absolute atomic E-state index is 0.663. The number of imidazole rings is 1. The maximum atomic E-state index is 5.31. The molecule has 0 aliphatic carbocycles. The molecule has 3 rings (SSSR count). The second-order valence-electron chi connectivity index (χ2n) is 4.99. The largest absolute Gasteiger partial charge is 0.326 e. The predicted molar refractivity (Wildman–Crippen MR) is 80.4 cm³/mol. The van der Waals surface area contributed by atoms with E-state index in [9.17, 15) is 0 Å². The van der Waals surface area contributed by atoms with Gasteiger partial charge in [0.05, 0.1) is 23.9 Å². The molecular weight excluding hydrogens is 250 g/mol. The van der Waals surface area contributed by atoms with E-state index in [0.29, 0.717) is 5.82 Å². The molecule has 2 heterocycles. The van der Waals surface area contributed by atoms with Crippen molar-refractivity contribution in [3.63, 3.8) is 0 Å². The van der Waals surface area contributed by atoms with Crippen molar-refractivity contribution >= 4 is 16.9 Å². The fourth-order valence-electron chi connectivity index (χ4n) is 2.24. The number of aryl methyl sites for hydroxylation is 2. The normalized spacial score (nSPS) is 10.9. The lowest BCUT2D eigenvalue weighted by atomic mass is 10.1. The van der Waals surface area contributed by atoms with Crippen molar-refractivity contribution in [2.24, 2.45) is 5.84 Å². The van der Waals surface area contributed by atoms with Crippen LogP contribution in [-0.2, 0) is 6.54 Å². The second-order valence-corrected chi connectivity index (χ2v) is 4.99. The van der Waals surface area contributed by atoms with Gasteiger partial charge in [-0.1, -0.05) is 6.07 Å². The third-order valence-corrected chi connectivity index (χ3v) is 3.56. The van der Waals surface area contributed by atoms with Crippen LogP contribution in [0.2, 0.25) is 0 Å². The highest BCUT2D eigenvalue weighted by Gasteiger charge is 2.06. The number of hydrogen-bond donors (Lipinski definition) is 2. The Morgan fingerprint density at radius 1 is 1.15 bits per heavy atom. The maximum absolute atomic E-state index is 5.31. The highest BCUT2D eigenvalue weighted by Crippen LogP contribution is 2.19. The van der Waals surface area contributed by atoms with Gasteiger partial charge < -0.3 is 9.99 Å². The minimum atomic E-state index is 0.663. The predicted octanol–water partition coefficient (Wildman–Crippen LogP) is 2.38. The summed E-state index contributed by atoms with van der Waals surface area (Å²) in [6, 6.07) is 8.18. The summed E-state index contributed by atoms with van der Waals surface area (Å²) in [5.41, 5.74) is 8.36. The molecule has 0 spiro atoms. The number of benzene rings is 1. The summed E-state index contributed by atoms with van der Waals surface area (Å²) in [7, 11) is 0. The molecule has 0 saturated carbocycles. The molecule has 0 aliphatic rings. The Morgan fingerprint density at radius 2 is 1.95 bits per heavy atom. The van der Waals surface area contributed by atoms with Crippen LogP contribution >= 0.6 is 0 Å². The van der Waals surface area contributed by atoms with E-state index in [1.165, 1.54) is 11.1 Å². The van der Waals surface area contributed by atoms with Crippen LogP contribution in [0.3, 0.4) is 0 Å². The monoisotopic (exact) mass is 267 g/mol. The topological polar surface area (TPSA) is 68.8 Å². The molecule has 1 aromatic carbocycles. The Hall–Kier alpha value is -2.40. The number of anilines is 1. The highest BCUT2D eigenvalue weighted by molar-refractivity contribution is 5.77. The van der Waals surface area contributed by atoms with Crippen molar-refractivity contribution in [1.29, 1.82) is 0 Å². The number of aromatic nitrogens is 3. The van der Waals surface area contributed by atoms with E-state index >= 15 is 0 Å². The van der Waals surface area contributed by atoms with Crippen LogP contribution in [0.25, 0.3) is 11.0 Å². The Labute approximate surface area is 117 Å². The SMILES string of the molecule is Cc1cc2ncn(Cc3ccc(NN)nc3)c2cc1C. The van der Waals surface area contributed by atoms with E-state index in [1.54, 1.807) is 0 Å². The first kappa shape index (κ1) is 12.6. The maximum Gasteiger partial charge on any atom is 0.139 e. The van der Waals surface area contributed by atoms with E-state index in [1.807, 2.05) is 24.7 Å². The van der Waals surface area contributed by atoms with Gasteiger partial charge in [-0.25, -0.2) is 15.8 Å².